The van der Waals surface area contributed by atoms with Crippen LogP contribution in [-0.4, -0.2) is 18.6 Å². The first kappa shape index (κ1) is 17.4. The number of halogens is 1. The summed E-state index contributed by atoms with van der Waals surface area (Å²) in [5.74, 6) is -0.751. The molecule has 3 aliphatic carbocycles. The lowest BCUT2D eigenvalue weighted by atomic mass is 9.54. The van der Waals surface area contributed by atoms with Crippen molar-refractivity contribution in [2.75, 3.05) is 11.7 Å². The number of hydrogen-bond acceptors (Lipinski definition) is 4. The van der Waals surface area contributed by atoms with Crippen LogP contribution in [0.2, 0.25) is 0 Å². The van der Waals surface area contributed by atoms with Crippen LogP contribution in [0.25, 0.3) is 0 Å². The van der Waals surface area contributed by atoms with Crippen molar-refractivity contribution in [2.24, 2.45) is 11.8 Å². The highest BCUT2D eigenvalue weighted by atomic mass is 35.5. The fourth-order valence-electron chi connectivity index (χ4n) is 5.96. The summed E-state index contributed by atoms with van der Waals surface area (Å²) in [6.07, 6.45) is 0. The fraction of sp³-hybridized carbons (Fsp3) is 0.200. The summed E-state index contributed by atoms with van der Waals surface area (Å²) in [7, 11) is 0. The number of imide groups is 1. The second-order valence-electron chi connectivity index (χ2n) is 8.42. The van der Waals surface area contributed by atoms with Crippen LogP contribution in [0.3, 0.4) is 0 Å². The minimum Gasteiger partial charge on any atom is -0.454 e. The van der Waals surface area contributed by atoms with Gasteiger partial charge < -0.3 is 9.47 Å². The standard InChI is InChI=1S/C25H16ClNO4/c26-25-16-7-3-1-5-14(16)20(15-6-2-4-8-17(15)25)21-22(25)24(29)27(23(21)28)13-9-10-18-19(11-13)31-12-30-18/h1-11,20-22H,12H2/t20?,21-,22-,25?/m1/s1. The molecule has 2 amide bonds. The number of alkyl halides is 1. The van der Waals surface area contributed by atoms with E-state index < -0.39 is 16.7 Å². The third-order valence-electron chi connectivity index (χ3n) is 7.13. The summed E-state index contributed by atoms with van der Waals surface area (Å²) in [5, 5.41) is 0. The van der Waals surface area contributed by atoms with Crippen molar-refractivity contribution in [1.29, 1.82) is 0 Å². The topological polar surface area (TPSA) is 55.8 Å². The number of anilines is 1. The molecule has 2 aliphatic heterocycles. The van der Waals surface area contributed by atoms with Crippen LogP contribution < -0.4 is 14.4 Å². The molecular weight excluding hydrogens is 414 g/mol. The van der Waals surface area contributed by atoms with Gasteiger partial charge in [-0.2, -0.15) is 0 Å². The molecule has 31 heavy (non-hydrogen) atoms. The van der Waals surface area contributed by atoms with E-state index in [1.54, 1.807) is 18.2 Å². The predicted molar refractivity (Wildman–Crippen MR) is 113 cm³/mol. The number of rotatable bonds is 1. The molecule has 152 valence electrons. The number of ether oxygens (including phenoxy) is 2. The Hall–Kier alpha value is -3.31. The SMILES string of the molecule is O=C1[C@@H]2C3c4ccccc4C(Cl)(c4ccccc43)[C@H]2C(=O)N1c1ccc2c(c1)OCO2. The van der Waals surface area contributed by atoms with Crippen LogP contribution in [0.5, 0.6) is 11.5 Å². The Morgan fingerprint density at radius 1 is 0.839 bits per heavy atom. The number of benzene rings is 3. The molecule has 0 unspecified atom stereocenters. The van der Waals surface area contributed by atoms with Crippen LogP contribution in [-0.2, 0) is 14.5 Å². The first-order chi connectivity index (χ1) is 15.1. The van der Waals surface area contributed by atoms with Gasteiger partial charge in [-0.15, -0.1) is 11.6 Å². The Bertz CT molecular complexity index is 1270. The van der Waals surface area contributed by atoms with Crippen molar-refractivity contribution in [2.45, 2.75) is 10.8 Å². The van der Waals surface area contributed by atoms with E-state index in [0.29, 0.717) is 17.2 Å². The molecule has 0 spiro atoms. The minimum atomic E-state index is -1.08. The lowest BCUT2D eigenvalue weighted by Crippen LogP contribution is -2.50. The summed E-state index contributed by atoms with van der Waals surface area (Å²) in [4.78, 5) is 27.8. The maximum absolute atomic E-state index is 13.8. The molecule has 1 saturated heterocycles. The zero-order chi connectivity index (χ0) is 20.9. The molecule has 0 N–H and O–H groups in total. The van der Waals surface area contributed by atoms with Crippen LogP contribution in [0.4, 0.5) is 5.69 Å². The summed E-state index contributed by atoms with van der Waals surface area (Å²) in [6.45, 7) is 0.128. The zero-order valence-electron chi connectivity index (χ0n) is 16.2. The largest absolute Gasteiger partial charge is 0.454 e. The van der Waals surface area contributed by atoms with Gasteiger partial charge in [0.25, 0.3) is 0 Å². The number of carbonyl (C=O) groups excluding carboxylic acids is 2. The molecule has 2 bridgehead atoms. The Morgan fingerprint density at radius 2 is 1.48 bits per heavy atom. The van der Waals surface area contributed by atoms with E-state index in [4.69, 9.17) is 21.1 Å². The highest BCUT2D eigenvalue weighted by molar-refractivity contribution is 6.33. The van der Waals surface area contributed by atoms with Gasteiger partial charge in [-0.05, 0) is 34.4 Å². The number of fused-ring (bicyclic) bond motifs is 1. The summed E-state index contributed by atoms with van der Waals surface area (Å²) in [5.41, 5.74) is 4.41. The number of carbonyl (C=O) groups is 2. The zero-order valence-corrected chi connectivity index (χ0v) is 17.0. The molecule has 1 fully saturated rings. The first-order valence-electron chi connectivity index (χ1n) is 10.3. The number of amides is 2. The summed E-state index contributed by atoms with van der Waals surface area (Å²) in [6, 6.07) is 21.0. The molecule has 5 nitrogen and oxygen atoms in total. The molecule has 2 heterocycles. The highest BCUT2D eigenvalue weighted by Crippen LogP contribution is 2.66. The Kier molecular flexibility index (Phi) is 3.18. The third-order valence-corrected chi connectivity index (χ3v) is 7.77. The van der Waals surface area contributed by atoms with Gasteiger partial charge in [0, 0.05) is 12.0 Å². The molecule has 0 saturated carbocycles. The third kappa shape index (κ3) is 1.94. The summed E-state index contributed by atoms with van der Waals surface area (Å²) >= 11 is 7.42. The lowest BCUT2D eigenvalue weighted by molar-refractivity contribution is -0.122. The van der Waals surface area contributed by atoms with Crippen molar-refractivity contribution in [3.05, 3.63) is 89.0 Å². The maximum atomic E-state index is 13.8. The summed E-state index contributed by atoms with van der Waals surface area (Å²) < 4.78 is 10.8. The maximum Gasteiger partial charge on any atom is 0.240 e. The fourth-order valence-corrected chi connectivity index (χ4v) is 6.53. The minimum absolute atomic E-state index is 0.128. The van der Waals surface area contributed by atoms with E-state index in [2.05, 4.69) is 0 Å². The molecule has 0 aromatic heterocycles. The van der Waals surface area contributed by atoms with Gasteiger partial charge in [-0.3, -0.25) is 9.59 Å². The second-order valence-corrected chi connectivity index (χ2v) is 9.01. The van der Waals surface area contributed by atoms with E-state index in [0.717, 1.165) is 22.3 Å². The van der Waals surface area contributed by atoms with E-state index in [9.17, 15) is 9.59 Å². The number of hydrogen-bond donors (Lipinski definition) is 0. The van der Waals surface area contributed by atoms with Crippen molar-refractivity contribution in [3.8, 4) is 11.5 Å². The number of nitrogens with zero attached hydrogens (tertiary/aromatic N) is 1. The van der Waals surface area contributed by atoms with Crippen LogP contribution in [0, 0.1) is 11.8 Å². The smallest absolute Gasteiger partial charge is 0.240 e. The Labute approximate surface area is 183 Å². The average Bonchev–Trinajstić information content (AvgIpc) is 3.37. The van der Waals surface area contributed by atoms with Crippen molar-refractivity contribution in [3.63, 3.8) is 0 Å². The molecule has 6 heteroatoms. The molecule has 8 rings (SSSR count). The molecule has 3 aromatic carbocycles. The second kappa shape index (κ2) is 5.68. The molecule has 0 radical (unpaired) electrons. The van der Waals surface area contributed by atoms with Gasteiger partial charge >= 0.3 is 0 Å². The monoisotopic (exact) mass is 429 g/mol. The van der Waals surface area contributed by atoms with E-state index >= 15 is 0 Å². The normalized spacial score (nSPS) is 29.1. The van der Waals surface area contributed by atoms with Gasteiger partial charge in [0.05, 0.1) is 17.5 Å². The van der Waals surface area contributed by atoms with Gasteiger partial charge in [0.1, 0.15) is 4.87 Å². The van der Waals surface area contributed by atoms with Crippen LogP contribution in [0.1, 0.15) is 28.2 Å². The van der Waals surface area contributed by atoms with E-state index in [1.165, 1.54) is 4.90 Å². The van der Waals surface area contributed by atoms with Crippen LogP contribution in [0.15, 0.2) is 66.7 Å². The lowest BCUT2D eigenvalue weighted by Gasteiger charge is -2.50. The van der Waals surface area contributed by atoms with Crippen molar-refractivity contribution >= 4 is 29.1 Å². The van der Waals surface area contributed by atoms with Crippen molar-refractivity contribution < 1.29 is 19.1 Å². The van der Waals surface area contributed by atoms with Crippen molar-refractivity contribution in [1.82, 2.24) is 0 Å². The predicted octanol–water partition coefficient (Wildman–Crippen LogP) is 4.16. The van der Waals surface area contributed by atoms with Gasteiger partial charge in [0.2, 0.25) is 18.6 Å². The average molecular weight is 430 g/mol. The van der Waals surface area contributed by atoms with Gasteiger partial charge in [-0.25, -0.2) is 4.90 Å². The van der Waals surface area contributed by atoms with Crippen LogP contribution >= 0.6 is 11.6 Å². The van der Waals surface area contributed by atoms with Gasteiger partial charge in [-0.1, -0.05) is 48.5 Å². The van der Waals surface area contributed by atoms with Gasteiger partial charge in [0.15, 0.2) is 11.5 Å². The quantitative estimate of drug-likeness (QED) is 0.430. The Balaban J connectivity index is 1.45. The molecule has 2 atom stereocenters. The van der Waals surface area contributed by atoms with E-state index in [-0.39, 0.29) is 24.5 Å². The first-order valence-corrected chi connectivity index (χ1v) is 10.6. The molecule has 5 aliphatic rings. The highest BCUT2D eigenvalue weighted by Gasteiger charge is 2.68. The van der Waals surface area contributed by atoms with E-state index in [1.807, 2.05) is 48.5 Å². The Morgan fingerprint density at radius 3 is 2.19 bits per heavy atom. The molecule has 3 aromatic rings. The molecular formula is C25H16ClNO4.